The van der Waals surface area contributed by atoms with Crippen LogP contribution in [0.1, 0.15) is 19.3 Å². The van der Waals surface area contributed by atoms with Crippen molar-refractivity contribution in [3.05, 3.63) is 29.1 Å². The van der Waals surface area contributed by atoms with E-state index in [0.29, 0.717) is 0 Å². The van der Waals surface area contributed by atoms with Crippen molar-refractivity contribution >= 4 is 22.7 Å². The third-order valence-corrected chi connectivity index (χ3v) is 4.04. The Bertz CT molecular complexity index is 516. The minimum absolute atomic E-state index is 0.863. The van der Waals surface area contributed by atoms with Crippen LogP contribution in [0.25, 0.3) is 11.3 Å². The highest BCUT2D eigenvalue weighted by atomic mass is 32.1. The predicted molar refractivity (Wildman–Crippen MR) is 78.0 cm³/mol. The molecule has 1 aromatic heterocycles. The van der Waals surface area contributed by atoms with Gasteiger partial charge >= 0.3 is 0 Å². The Morgan fingerprint density at radius 1 is 1.17 bits per heavy atom. The van der Waals surface area contributed by atoms with Gasteiger partial charge in [0, 0.05) is 24.0 Å². The van der Waals surface area contributed by atoms with Gasteiger partial charge in [-0.15, -0.1) is 11.3 Å². The maximum absolute atomic E-state index is 6.19. The second-order valence-corrected chi connectivity index (χ2v) is 5.41. The van der Waals surface area contributed by atoms with Gasteiger partial charge in [0.05, 0.1) is 22.6 Å². The van der Waals surface area contributed by atoms with E-state index >= 15 is 0 Å². The van der Waals surface area contributed by atoms with Gasteiger partial charge in [0.25, 0.3) is 0 Å². The molecule has 94 valence electrons. The molecule has 1 aromatic carbocycles. The molecule has 18 heavy (non-hydrogen) atoms. The number of hydrogen-bond acceptors (Lipinski definition) is 4. The standard InChI is InChI=1S/C14H17N3S/c15-12-8-11(13-9-18-10-16-13)4-5-14(12)17-6-2-1-3-7-17/h4-5,8-10H,1-3,6-7,15H2. The Hall–Kier alpha value is -1.55. The Balaban J connectivity index is 1.89. The lowest BCUT2D eigenvalue weighted by molar-refractivity contribution is 0.578. The zero-order valence-corrected chi connectivity index (χ0v) is 11.1. The van der Waals surface area contributed by atoms with Crippen LogP contribution in [0.5, 0.6) is 0 Å². The lowest BCUT2D eigenvalue weighted by Gasteiger charge is -2.30. The lowest BCUT2D eigenvalue weighted by atomic mass is 10.1. The smallest absolute Gasteiger partial charge is 0.0811 e. The average Bonchev–Trinajstić information content (AvgIpc) is 2.93. The molecule has 4 heteroatoms. The first kappa shape index (κ1) is 11.5. The Morgan fingerprint density at radius 3 is 2.67 bits per heavy atom. The van der Waals surface area contributed by atoms with Crippen LogP contribution in [-0.4, -0.2) is 18.1 Å². The highest BCUT2D eigenvalue weighted by molar-refractivity contribution is 7.07. The molecule has 0 atom stereocenters. The van der Waals surface area contributed by atoms with E-state index in [-0.39, 0.29) is 0 Å². The molecule has 1 fully saturated rings. The van der Waals surface area contributed by atoms with E-state index in [9.17, 15) is 0 Å². The first-order valence-corrected chi connectivity index (χ1v) is 7.32. The zero-order chi connectivity index (χ0) is 12.4. The van der Waals surface area contributed by atoms with E-state index < -0.39 is 0 Å². The van der Waals surface area contributed by atoms with Crippen LogP contribution in [0, 0.1) is 0 Å². The van der Waals surface area contributed by atoms with Crippen LogP contribution in [-0.2, 0) is 0 Å². The van der Waals surface area contributed by atoms with Crippen LogP contribution < -0.4 is 10.6 Å². The second kappa shape index (κ2) is 4.98. The van der Waals surface area contributed by atoms with Gasteiger partial charge < -0.3 is 10.6 Å². The molecule has 2 heterocycles. The van der Waals surface area contributed by atoms with Crippen LogP contribution in [0.4, 0.5) is 11.4 Å². The number of rotatable bonds is 2. The van der Waals surface area contributed by atoms with E-state index in [1.165, 1.54) is 24.9 Å². The lowest BCUT2D eigenvalue weighted by Crippen LogP contribution is -2.29. The molecular formula is C14H17N3S. The van der Waals surface area contributed by atoms with Gasteiger partial charge in [-0.1, -0.05) is 6.07 Å². The number of hydrogen-bond donors (Lipinski definition) is 1. The van der Waals surface area contributed by atoms with Crippen molar-refractivity contribution in [3.63, 3.8) is 0 Å². The number of piperidine rings is 1. The van der Waals surface area contributed by atoms with E-state index in [1.54, 1.807) is 11.3 Å². The number of nitrogens with zero attached hydrogens (tertiary/aromatic N) is 2. The molecular weight excluding hydrogens is 242 g/mol. The molecule has 3 nitrogen and oxygen atoms in total. The summed E-state index contributed by atoms with van der Waals surface area (Å²) in [6, 6.07) is 6.30. The summed E-state index contributed by atoms with van der Waals surface area (Å²) in [6.45, 7) is 2.25. The fourth-order valence-electron chi connectivity index (χ4n) is 2.49. The number of benzene rings is 1. The summed E-state index contributed by atoms with van der Waals surface area (Å²) in [4.78, 5) is 6.71. The fourth-order valence-corrected chi connectivity index (χ4v) is 3.05. The van der Waals surface area contributed by atoms with Gasteiger partial charge in [0.2, 0.25) is 0 Å². The van der Waals surface area contributed by atoms with Gasteiger partial charge in [0.1, 0.15) is 0 Å². The van der Waals surface area contributed by atoms with Gasteiger partial charge in [0.15, 0.2) is 0 Å². The van der Waals surface area contributed by atoms with Gasteiger partial charge in [-0.05, 0) is 31.4 Å². The first-order valence-electron chi connectivity index (χ1n) is 6.37. The number of nitrogens with two attached hydrogens (primary N) is 1. The van der Waals surface area contributed by atoms with E-state index in [4.69, 9.17) is 5.73 Å². The minimum Gasteiger partial charge on any atom is -0.397 e. The summed E-state index contributed by atoms with van der Waals surface area (Å²) in [5, 5.41) is 2.05. The van der Waals surface area contributed by atoms with Crippen molar-refractivity contribution in [2.75, 3.05) is 23.7 Å². The molecule has 1 aliphatic heterocycles. The molecule has 0 bridgehead atoms. The summed E-state index contributed by atoms with van der Waals surface area (Å²) in [5.41, 5.74) is 12.2. The number of aromatic nitrogens is 1. The van der Waals surface area contributed by atoms with E-state index in [2.05, 4.69) is 27.4 Å². The first-order chi connectivity index (χ1) is 8.84. The number of anilines is 2. The van der Waals surface area contributed by atoms with Gasteiger partial charge in [-0.2, -0.15) is 0 Å². The van der Waals surface area contributed by atoms with Gasteiger partial charge in [-0.3, -0.25) is 0 Å². The van der Waals surface area contributed by atoms with Crippen molar-refractivity contribution in [3.8, 4) is 11.3 Å². The normalized spacial score (nSPS) is 15.9. The maximum atomic E-state index is 6.19. The zero-order valence-electron chi connectivity index (χ0n) is 10.3. The largest absolute Gasteiger partial charge is 0.397 e. The fraction of sp³-hybridized carbons (Fsp3) is 0.357. The topological polar surface area (TPSA) is 42.1 Å². The van der Waals surface area contributed by atoms with Crippen LogP contribution in [0.2, 0.25) is 0 Å². The van der Waals surface area contributed by atoms with Crippen molar-refractivity contribution in [1.82, 2.24) is 4.98 Å². The molecule has 0 aliphatic carbocycles. The van der Waals surface area contributed by atoms with Crippen molar-refractivity contribution < 1.29 is 0 Å². The minimum atomic E-state index is 0.863. The second-order valence-electron chi connectivity index (χ2n) is 4.69. The van der Waals surface area contributed by atoms with E-state index in [0.717, 1.165) is 30.0 Å². The molecule has 0 saturated carbocycles. The molecule has 2 N–H and O–H groups in total. The van der Waals surface area contributed by atoms with Crippen molar-refractivity contribution in [1.29, 1.82) is 0 Å². The SMILES string of the molecule is Nc1cc(-c2cscn2)ccc1N1CCCCC1. The summed E-state index contributed by atoms with van der Waals surface area (Å²) in [6.07, 6.45) is 3.88. The van der Waals surface area contributed by atoms with Crippen molar-refractivity contribution in [2.24, 2.45) is 0 Å². The molecule has 0 unspecified atom stereocenters. The van der Waals surface area contributed by atoms with Crippen LogP contribution in [0.3, 0.4) is 0 Å². The summed E-state index contributed by atoms with van der Waals surface area (Å²) >= 11 is 1.61. The molecule has 1 saturated heterocycles. The Morgan fingerprint density at radius 2 is 2.00 bits per heavy atom. The molecule has 1 aliphatic rings. The molecule has 2 aromatic rings. The quantitative estimate of drug-likeness (QED) is 0.841. The average molecular weight is 259 g/mol. The van der Waals surface area contributed by atoms with Crippen LogP contribution >= 0.6 is 11.3 Å². The highest BCUT2D eigenvalue weighted by Crippen LogP contribution is 2.30. The number of thiazole rings is 1. The molecule has 0 spiro atoms. The summed E-state index contributed by atoms with van der Waals surface area (Å²) in [5.74, 6) is 0. The summed E-state index contributed by atoms with van der Waals surface area (Å²) < 4.78 is 0. The molecule has 0 radical (unpaired) electrons. The molecule has 0 amide bonds. The third-order valence-electron chi connectivity index (χ3n) is 3.45. The van der Waals surface area contributed by atoms with E-state index in [1.807, 2.05) is 11.6 Å². The monoisotopic (exact) mass is 259 g/mol. The highest BCUT2D eigenvalue weighted by Gasteiger charge is 2.14. The Labute approximate surface area is 111 Å². The third kappa shape index (κ3) is 2.20. The number of nitrogen functional groups attached to an aromatic ring is 1. The molecule has 3 rings (SSSR count). The maximum Gasteiger partial charge on any atom is 0.0811 e. The van der Waals surface area contributed by atoms with Crippen LogP contribution in [0.15, 0.2) is 29.1 Å². The van der Waals surface area contributed by atoms with Crippen molar-refractivity contribution in [2.45, 2.75) is 19.3 Å². The Kier molecular flexibility index (Phi) is 3.19. The summed E-state index contributed by atoms with van der Waals surface area (Å²) in [7, 11) is 0. The van der Waals surface area contributed by atoms with Gasteiger partial charge in [-0.25, -0.2) is 4.98 Å². The predicted octanol–water partition coefficient (Wildman–Crippen LogP) is 3.38.